The molecule has 2 unspecified atom stereocenters. The Balaban J connectivity index is -0.000000346. The highest BCUT2D eigenvalue weighted by atomic mass is 18.2. The van der Waals surface area contributed by atoms with Gasteiger partial charge >= 0.3 is 60.3 Å². The molecule has 33 nitrogen and oxygen atoms in total. The van der Waals surface area contributed by atoms with Crippen LogP contribution < -0.4 is 42.5 Å². The molecule has 474 valence electrons. The molecule has 0 radical (unpaired) electrons. The first-order valence-corrected chi connectivity index (χ1v) is 25.7. The summed E-state index contributed by atoms with van der Waals surface area (Å²) in [6.07, 6.45) is 10.6. The third-order valence-electron chi connectivity index (χ3n) is 8.99. The molecule has 8 amide bonds. The Labute approximate surface area is 493 Å². The number of halogens is 2. The molecule has 0 aliphatic carbocycles. The molecule has 2 aromatic carbocycles. The Kier molecular flexibility index (Phi) is 62.2. The minimum atomic E-state index is -1.16. The van der Waals surface area contributed by atoms with Crippen LogP contribution in [0, 0.1) is 19.3 Å². The quantitative estimate of drug-likeness (QED) is 0.0116. The van der Waals surface area contributed by atoms with Crippen molar-refractivity contribution in [2.45, 2.75) is 110 Å². The summed E-state index contributed by atoms with van der Waals surface area (Å²) in [4.78, 5) is 127. The van der Waals surface area contributed by atoms with Crippen molar-refractivity contribution in [1.29, 1.82) is 0 Å². The van der Waals surface area contributed by atoms with Gasteiger partial charge in [-0.2, -0.15) is 19.2 Å². The van der Waals surface area contributed by atoms with E-state index in [1.165, 1.54) is 4.68 Å². The Morgan fingerprint density at radius 1 is 0.616 bits per heavy atom. The number of aryl methyl sites for hydroxylation is 2. The first-order chi connectivity index (χ1) is 41.2. The van der Waals surface area contributed by atoms with Gasteiger partial charge in [-0.15, -0.1) is 17.4 Å². The molecule has 0 fully saturated rings. The van der Waals surface area contributed by atoms with Crippen molar-refractivity contribution < 1.29 is 86.7 Å². The van der Waals surface area contributed by atoms with Gasteiger partial charge in [0.1, 0.15) is 18.8 Å². The summed E-state index contributed by atoms with van der Waals surface area (Å²) in [5.41, 5.74) is 17.3. The molecule has 35 heteroatoms. The van der Waals surface area contributed by atoms with Crippen molar-refractivity contribution in [1.82, 2.24) is 46.9 Å². The molecule has 86 heavy (non-hydrogen) atoms. The van der Waals surface area contributed by atoms with Gasteiger partial charge in [-0.05, 0) is 101 Å². The second-order valence-corrected chi connectivity index (χ2v) is 15.9. The third-order valence-corrected chi connectivity index (χ3v) is 8.99. The topological polar surface area (TPSA) is 510 Å². The van der Waals surface area contributed by atoms with E-state index < -0.39 is 54.7 Å². The van der Waals surface area contributed by atoms with Crippen molar-refractivity contribution in [3.05, 3.63) is 93.4 Å². The van der Waals surface area contributed by atoms with Gasteiger partial charge in [-0.3, -0.25) is 14.0 Å². The molecule has 3 aromatic rings. The fourth-order valence-electron chi connectivity index (χ4n) is 5.38. The van der Waals surface area contributed by atoms with Crippen LogP contribution in [0.25, 0.3) is 20.9 Å². The molecular formula is C51H75F2N17O16. The van der Waals surface area contributed by atoms with Crippen LogP contribution in [0.1, 0.15) is 90.2 Å². The first-order valence-electron chi connectivity index (χ1n) is 25.7. The molecule has 0 saturated heterocycles. The molecule has 3 rings (SSSR count). The average molecular weight is 1220 g/mol. The number of hydrogen-bond donors (Lipinski definition) is 12. The maximum absolute atomic E-state index is 11.7. The summed E-state index contributed by atoms with van der Waals surface area (Å²) in [6.45, 7) is 6.39. The van der Waals surface area contributed by atoms with Gasteiger partial charge < -0.3 is 63.0 Å². The number of aliphatic carboxylic acids is 4. The molecule has 1 heterocycles. The molecule has 0 aliphatic heterocycles. The predicted octanol–water partition coefficient (Wildman–Crippen LogP) is 6.19. The Morgan fingerprint density at radius 3 is 1.26 bits per heavy atom. The number of anilines is 2. The number of carboxylic acid groups (broad SMARTS) is 4. The van der Waals surface area contributed by atoms with Gasteiger partial charge in [-0.25, -0.2) is 37.8 Å². The molecule has 12 N–H and O–H groups in total. The summed E-state index contributed by atoms with van der Waals surface area (Å²) in [5.74, 6) is -1.99. The fourth-order valence-corrected chi connectivity index (χ4v) is 5.38. The standard InChI is InChI=1S/2C18H26N4O6.C5H8FN3.C3H7N3.C3H4.C2H4FN3.2CO2/c2*23-15(24)10-6-12-20-18(28)22-14(16(25)26)9-4-5-11-19-17(27)21-13-7-2-1-3-8-13;1-5-4-9(3-2-6)8-7-5;1-2-3-5-6-4;1-3-2;3-1-2-5-6-4;2*2-1-3/h2*1-3,7-8,14H,4-6,9-12H2,(H,23,24)(H,25,26)(H2,19,21,27)(H2,20,22,28);4H,2-3H2,1H3;2-3H2,1H3;1H,2H3;1-2H2;;/i;;6-1;;;3-1;;. The lowest BCUT2D eigenvalue weighted by atomic mass is 10.1. The Bertz CT molecular complexity index is 2400. The van der Waals surface area contributed by atoms with Crippen LogP contribution in [0.3, 0.4) is 0 Å². The lowest BCUT2D eigenvalue weighted by molar-refractivity contribution is -0.193. The minimum Gasteiger partial charge on any atom is -0.481 e. The van der Waals surface area contributed by atoms with E-state index in [0.717, 1.165) is 12.1 Å². The monoisotopic (exact) mass is 1220 g/mol. The summed E-state index contributed by atoms with van der Waals surface area (Å²) >= 11 is 0. The van der Waals surface area contributed by atoms with Crippen LogP contribution in [0.4, 0.5) is 39.3 Å². The molecule has 0 bridgehead atoms. The lowest BCUT2D eigenvalue weighted by Crippen LogP contribution is -2.46. The van der Waals surface area contributed by atoms with E-state index in [1.807, 2.05) is 26.0 Å². The largest absolute Gasteiger partial charge is 0.481 e. The smallest absolute Gasteiger partial charge is 0.373 e. The van der Waals surface area contributed by atoms with E-state index in [0.29, 0.717) is 63.2 Å². The third kappa shape index (κ3) is 64.2. The Morgan fingerprint density at radius 2 is 0.977 bits per heavy atom. The van der Waals surface area contributed by atoms with Crippen LogP contribution in [-0.4, -0.2) is 160 Å². The summed E-state index contributed by atoms with van der Waals surface area (Å²) in [7, 11) is 0. The second-order valence-electron chi connectivity index (χ2n) is 15.9. The number of terminal acetylenes is 1. The Hall–Kier alpha value is -10.7. The van der Waals surface area contributed by atoms with Gasteiger partial charge in [0.05, 0.1) is 25.5 Å². The molecule has 0 spiro atoms. The number of para-hydroxylation sites is 2. The van der Waals surface area contributed by atoms with Gasteiger partial charge in [-0.1, -0.05) is 65.2 Å². The highest BCUT2D eigenvalue weighted by Crippen LogP contribution is 2.07. The zero-order valence-electron chi connectivity index (χ0n) is 47.7. The number of carbonyl (C=O) groups excluding carboxylic acids is 8. The minimum absolute atomic E-state index is 0.0451. The molecule has 0 saturated carbocycles. The highest BCUT2D eigenvalue weighted by molar-refractivity contribution is 5.89. The second kappa shape index (κ2) is 63.5. The van der Waals surface area contributed by atoms with Crippen molar-refractivity contribution in [2.75, 3.05) is 63.3 Å². The number of nitrogens with one attached hydrogen (secondary N) is 8. The van der Waals surface area contributed by atoms with E-state index in [9.17, 15) is 57.4 Å². The lowest BCUT2D eigenvalue weighted by Gasteiger charge is -2.15. The van der Waals surface area contributed by atoms with Crippen LogP contribution in [-0.2, 0) is 44.9 Å². The van der Waals surface area contributed by atoms with Crippen molar-refractivity contribution in [3.63, 3.8) is 0 Å². The number of hydrogen-bond acceptors (Lipinski definition) is 16. The van der Waals surface area contributed by atoms with Crippen LogP contribution in [0.2, 0.25) is 0 Å². The number of rotatable bonds is 30. The van der Waals surface area contributed by atoms with Gasteiger partial charge in [0.25, 0.3) is 0 Å². The highest BCUT2D eigenvalue weighted by Gasteiger charge is 2.20. The number of urea groups is 4. The number of carbonyl (C=O) groups is 8. The zero-order valence-corrected chi connectivity index (χ0v) is 47.7. The van der Waals surface area contributed by atoms with Gasteiger partial charge in [0.15, 0.2) is 0 Å². The van der Waals surface area contributed by atoms with Crippen molar-refractivity contribution in [3.8, 4) is 12.3 Å². The number of carboxylic acids is 4. The van der Waals surface area contributed by atoms with Crippen LogP contribution in [0.15, 0.2) is 77.1 Å². The van der Waals surface area contributed by atoms with E-state index in [-0.39, 0.29) is 89.2 Å². The average Bonchev–Trinajstić information content (AvgIpc) is 4.00. The SMILES string of the molecule is C#CC.CCCN=[N+]=[N-].Cc1cn(CC[18F])nn1.O=C(O)CCCNC(=O)NC(CCCCNC(=O)Nc1ccccc1)C(=O)O.O=C(O)CCCNC(=O)NC(CCCCNC(=O)Nc1ccccc1)C(=O)O.O=C=O.O=C=O.[N-]=[N+]=NCC[18F]. The maximum Gasteiger partial charge on any atom is 0.373 e. The predicted molar refractivity (Wildman–Crippen MR) is 304 cm³/mol. The van der Waals surface area contributed by atoms with E-state index >= 15 is 0 Å². The van der Waals surface area contributed by atoms with Crippen LogP contribution >= 0.6 is 0 Å². The van der Waals surface area contributed by atoms with E-state index in [1.54, 1.807) is 61.7 Å². The first kappa shape index (κ1) is 84.2. The van der Waals surface area contributed by atoms with Crippen LogP contribution in [0.5, 0.6) is 0 Å². The van der Waals surface area contributed by atoms with E-state index in [2.05, 4.69) is 85.2 Å². The summed E-state index contributed by atoms with van der Waals surface area (Å²) in [6, 6.07) is 13.8. The summed E-state index contributed by atoms with van der Waals surface area (Å²) < 4.78 is 24.0. The van der Waals surface area contributed by atoms with Crippen molar-refractivity contribution >= 4 is 71.7 Å². The molecule has 2 atom stereocenters. The number of amides is 8. The number of nitrogens with zero attached hydrogens (tertiary/aromatic N) is 9. The zero-order chi connectivity index (χ0) is 66.0. The normalized spacial score (nSPS) is 9.53. The fraction of sp³-hybridized carbons (Fsp3) is 0.490. The van der Waals surface area contributed by atoms with Gasteiger partial charge in [0.2, 0.25) is 0 Å². The number of aromatic nitrogens is 3. The molecule has 0 aliphatic rings. The van der Waals surface area contributed by atoms with Crippen molar-refractivity contribution in [2.24, 2.45) is 10.2 Å². The van der Waals surface area contributed by atoms with Gasteiger partial charge in [0, 0.05) is 73.0 Å². The maximum atomic E-state index is 11.7. The van der Waals surface area contributed by atoms with E-state index in [4.69, 9.17) is 40.5 Å². The number of alkyl halides is 2. The number of unbranched alkanes of at least 4 members (excludes halogenated alkanes) is 2. The number of azide groups is 2. The number of benzene rings is 2. The molecule has 1 aromatic heterocycles. The molecular weight excluding hydrogens is 1140 g/mol. The summed E-state index contributed by atoms with van der Waals surface area (Å²) in [5, 5.41) is 69.1.